The molecule has 1 unspecified atom stereocenters. The lowest BCUT2D eigenvalue weighted by atomic mass is 9.96. The van der Waals surface area contributed by atoms with E-state index < -0.39 is 77.0 Å². The topological polar surface area (TPSA) is 153 Å². The lowest BCUT2D eigenvalue weighted by Gasteiger charge is -2.42. The average Bonchev–Trinajstić information content (AvgIpc) is 3.06. The second-order valence-electron chi connectivity index (χ2n) is 14.0. The number of alkyl halides is 3. The lowest BCUT2D eigenvalue weighted by molar-refractivity contribution is -0.352. The number of methoxy groups -OCH3 is 1. The smallest absolute Gasteiger partial charge is 0.417 e. The van der Waals surface area contributed by atoms with E-state index in [-0.39, 0.29) is 56.6 Å². The quantitative estimate of drug-likeness (QED) is 0.158. The molecule has 0 aromatic heterocycles. The van der Waals surface area contributed by atoms with Crippen LogP contribution in [0.15, 0.2) is 12.1 Å². The van der Waals surface area contributed by atoms with Crippen LogP contribution in [0, 0.1) is 11.8 Å². The molecule has 0 radical (unpaired) electrons. The van der Waals surface area contributed by atoms with Gasteiger partial charge in [-0.3, -0.25) is 19.3 Å². The number of anilines is 1. The van der Waals surface area contributed by atoms with E-state index in [9.17, 15) is 37.1 Å². The molecule has 2 heterocycles. The van der Waals surface area contributed by atoms with Crippen molar-refractivity contribution >= 4 is 35.5 Å². The van der Waals surface area contributed by atoms with Gasteiger partial charge in [0, 0.05) is 51.7 Å². The average molecular weight is 745 g/mol. The highest BCUT2D eigenvalue weighted by Gasteiger charge is 2.48. The van der Waals surface area contributed by atoms with E-state index in [0.717, 1.165) is 6.07 Å². The van der Waals surface area contributed by atoms with E-state index in [4.69, 9.17) is 24.0 Å². The van der Waals surface area contributed by atoms with E-state index in [0.29, 0.717) is 18.9 Å². The van der Waals surface area contributed by atoms with Crippen LogP contribution in [0.1, 0.15) is 90.6 Å². The molecule has 0 bridgehead atoms. The van der Waals surface area contributed by atoms with Crippen LogP contribution in [-0.2, 0) is 39.8 Å². The van der Waals surface area contributed by atoms with Crippen LogP contribution in [0.5, 0.6) is 5.75 Å². The number of piperidine rings is 1. The zero-order chi connectivity index (χ0) is 39.1. The van der Waals surface area contributed by atoms with Gasteiger partial charge in [0.15, 0.2) is 0 Å². The van der Waals surface area contributed by atoms with Gasteiger partial charge < -0.3 is 34.2 Å². The highest BCUT2D eigenvalue weighted by atomic mass is 19.4. The SMILES string of the molecule is CCC(=O)NCCN1C(=O)[C@](C)(COC)Oc2cc(C(F)(F)F)c(C(=O)N(C(C)C)[C@@H]3CCCN(C(=O)OC(OOC(=O)C(C)C)C(C)C)C3)cc21. The van der Waals surface area contributed by atoms with Gasteiger partial charge in [-0.1, -0.05) is 34.6 Å². The predicted octanol–water partition coefficient (Wildman–Crippen LogP) is 4.93. The molecule has 3 atom stereocenters. The van der Waals surface area contributed by atoms with Gasteiger partial charge in [0.25, 0.3) is 11.8 Å². The zero-order valence-electron chi connectivity index (χ0n) is 31.3. The van der Waals surface area contributed by atoms with E-state index in [1.807, 2.05) is 0 Å². The summed E-state index contributed by atoms with van der Waals surface area (Å²) in [5, 5.41) is 2.65. The van der Waals surface area contributed by atoms with Gasteiger partial charge in [0.2, 0.25) is 17.8 Å². The van der Waals surface area contributed by atoms with Gasteiger partial charge >= 0.3 is 18.2 Å². The number of hydrogen-bond acceptors (Lipinski definition) is 10. The molecule has 292 valence electrons. The number of fused-ring (bicyclic) bond motifs is 1. The molecule has 2 aliphatic heterocycles. The molecule has 14 nitrogen and oxygen atoms in total. The summed E-state index contributed by atoms with van der Waals surface area (Å²) in [6.45, 7) is 12.7. The Bertz CT molecular complexity index is 1470. The molecule has 1 saturated heterocycles. The minimum absolute atomic E-state index is 0.0137. The van der Waals surface area contributed by atoms with Crippen molar-refractivity contribution in [1.82, 2.24) is 15.1 Å². The number of benzene rings is 1. The summed E-state index contributed by atoms with van der Waals surface area (Å²) < 4.78 is 60.8. The molecule has 1 aromatic rings. The normalized spacial score (nSPS) is 19.7. The van der Waals surface area contributed by atoms with Crippen LogP contribution in [0.3, 0.4) is 0 Å². The van der Waals surface area contributed by atoms with Crippen molar-refractivity contribution in [2.24, 2.45) is 11.8 Å². The molecule has 0 saturated carbocycles. The zero-order valence-corrected chi connectivity index (χ0v) is 31.3. The first kappa shape index (κ1) is 42.3. The molecule has 1 fully saturated rings. The van der Waals surface area contributed by atoms with Crippen LogP contribution < -0.4 is 15.0 Å². The van der Waals surface area contributed by atoms with Crippen LogP contribution in [0.4, 0.5) is 23.7 Å². The Morgan fingerprint density at radius 2 is 1.79 bits per heavy atom. The van der Waals surface area contributed by atoms with Crippen LogP contribution in [0.25, 0.3) is 0 Å². The number of nitrogens with one attached hydrogen (secondary N) is 1. The van der Waals surface area contributed by atoms with Crippen molar-refractivity contribution < 1.29 is 61.1 Å². The van der Waals surface area contributed by atoms with Crippen molar-refractivity contribution in [3.63, 3.8) is 0 Å². The molecule has 3 rings (SSSR count). The number of ether oxygens (including phenoxy) is 3. The maximum atomic E-state index is 14.8. The molecule has 1 aromatic carbocycles. The van der Waals surface area contributed by atoms with Crippen molar-refractivity contribution in [1.29, 1.82) is 0 Å². The largest absolute Gasteiger partial charge is 0.473 e. The molecular formula is C35H51F3N4O10. The molecule has 4 amide bonds. The number of hydrogen-bond donors (Lipinski definition) is 1. The van der Waals surface area contributed by atoms with Gasteiger partial charge in [-0.25, -0.2) is 9.59 Å². The Labute approximate surface area is 302 Å². The maximum absolute atomic E-state index is 14.8. The molecule has 1 N–H and O–H groups in total. The molecule has 0 spiro atoms. The van der Waals surface area contributed by atoms with E-state index in [1.165, 1.54) is 28.7 Å². The fourth-order valence-corrected chi connectivity index (χ4v) is 5.91. The number of amides is 4. The first-order valence-electron chi connectivity index (χ1n) is 17.4. The first-order valence-corrected chi connectivity index (χ1v) is 17.4. The minimum Gasteiger partial charge on any atom is -0.473 e. The van der Waals surface area contributed by atoms with Gasteiger partial charge in [-0.15, -0.1) is 4.89 Å². The Hall–Kier alpha value is -4.12. The number of carbonyl (C=O) groups excluding carboxylic acids is 5. The second kappa shape index (κ2) is 17.6. The Kier molecular flexibility index (Phi) is 14.3. The highest BCUT2D eigenvalue weighted by Crippen LogP contribution is 2.44. The van der Waals surface area contributed by atoms with Crippen molar-refractivity contribution in [2.45, 2.75) is 105 Å². The number of halogens is 3. The third-order valence-corrected chi connectivity index (χ3v) is 8.65. The molecule has 0 aliphatic carbocycles. The van der Waals surface area contributed by atoms with Gasteiger partial charge in [-0.2, -0.15) is 13.2 Å². The highest BCUT2D eigenvalue weighted by molar-refractivity contribution is 6.05. The third-order valence-electron chi connectivity index (χ3n) is 8.65. The van der Waals surface area contributed by atoms with Crippen LogP contribution in [-0.4, -0.2) is 103 Å². The first-order chi connectivity index (χ1) is 24.2. The molecule has 17 heteroatoms. The van der Waals surface area contributed by atoms with Gasteiger partial charge in [-0.05, 0) is 45.7 Å². The number of nitrogens with zero attached hydrogens (tertiary/aromatic N) is 3. The summed E-state index contributed by atoms with van der Waals surface area (Å²) in [7, 11) is 1.32. The second-order valence-corrected chi connectivity index (χ2v) is 14.0. The fraction of sp³-hybridized carbons (Fsp3) is 0.686. The fourth-order valence-electron chi connectivity index (χ4n) is 5.91. The predicted molar refractivity (Wildman–Crippen MR) is 181 cm³/mol. The summed E-state index contributed by atoms with van der Waals surface area (Å²) in [6.07, 6.45) is -6.10. The molecular weight excluding hydrogens is 693 g/mol. The monoisotopic (exact) mass is 744 g/mol. The summed E-state index contributed by atoms with van der Waals surface area (Å²) >= 11 is 0. The lowest BCUT2D eigenvalue weighted by Crippen LogP contribution is -2.58. The molecule has 52 heavy (non-hydrogen) atoms. The Morgan fingerprint density at radius 1 is 1.12 bits per heavy atom. The number of rotatable bonds is 14. The van der Waals surface area contributed by atoms with Gasteiger partial charge in [0.1, 0.15) is 5.75 Å². The molecule has 2 aliphatic rings. The van der Waals surface area contributed by atoms with Crippen molar-refractivity contribution in [3.05, 3.63) is 23.3 Å². The maximum Gasteiger partial charge on any atom is 0.417 e. The minimum atomic E-state index is -5.00. The number of carbonyl (C=O) groups is 5. The summed E-state index contributed by atoms with van der Waals surface area (Å²) in [4.78, 5) is 78.9. The van der Waals surface area contributed by atoms with Gasteiger partial charge in [0.05, 0.1) is 35.4 Å². The van der Waals surface area contributed by atoms with Crippen LogP contribution in [0.2, 0.25) is 0 Å². The summed E-state index contributed by atoms with van der Waals surface area (Å²) in [5.41, 5.74) is -3.74. The van der Waals surface area contributed by atoms with E-state index in [2.05, 4.69) is 5.32 Å². The van der Waals surface area contributed by atoms with Crippen LogP contribution >= 0.6 is 0 Å². The van der Waals surface area contributed by atoms with Crippen molar-refractivity contribution in [3.8, 4) is 5.75 Å². The van der Waals surface area contributed by atoms with E-state index in [1.54, 1.807) is 48.5 Å². The Balaban J connectivity index is 1.99. The summed E-state index contributed by atoms with van der Waals surface area (Å²) in [6, 6.07) is 0.379. The number of likely N-dealkylation sites (tertiary alicyclic amines) is 1. The Morgan fingerprint density at radius 3 is 2.35 bits per heavy atom. The van der Waals surface area contributed by atoms with E-state index >= 15 is 0 Å². The third kappa shape index (κ3) is 10.1. The standard InChI is InChI=1S/C35H51F3N4O10/c1-10-28(43)39-13-15-41-26-16-24(25(35(36,37)38)17-27(26)50-34(8,19-48-9)32(41)46)29(44)42(22(6)7)23-12-11-14-40(18-23)33(47)49-31(21(4)5)52-51-30(45)20(2)3/h16-17,20-23,31H,10-15,18-19H2,1-9H3,(H,39,43)/t23-,31?,34+/m1/s1. The summed E-state index contributed by atoms with van der Waals surface area (Å²) in [5.74, 6) is -3.72. The van der Waals surface area contributed by atoms with Crippen molar-refractivity contribution in [2.75, 3.05) is 44.8 Å².